The molecule has 1 aromatic heterocycles. The zero-order chi connectivity index (χ0) is 15.6. The first kappa shape index (κ1) is 15.1. The first-order chi connectivity index (χ1) is 9.77. The predicted molar refractivity (Wildman–Crippen MR) is 83.1 cm³/mol. The maximum absolute atomic E-state index is 11.8. The lowest BCUT2D eigenvalue weighted by atomic mass is 9.95. The number of rotatable bonds is 3. The van der Waals surface area contributed by atoms with E-state index in [1.165, 1.54) is 6.07 Å². The van der Waals surface area contributed by atoms with Crippen LogP contribution in [0.3, 0.4) is 0 Å². The van der Waals surface area contributed by atoms with E-state index in [-0.39, 0.29) is 5.91 Å². The molecule has 0 aliphatic rings. The second kappa shape index (κ2) is 5.60. The van der Waals surface area contributed by atoms with E-state index in [0.29, 0.717) is 24.2 Å². The van der Waals surface area contributed by atoms with Crippen LogP contribution in [0.2, 0.25) is 0 Å². The van der Waals surface area contributed by atoms with E-state index in [9.17, 15) is 9.59 Å². The maximum Gasteiger partial charge on any atom is 0.336 e. The minimum absolute atomic E-state index is 0.0148. The fourth-order valence-electron chi connectivity index (χ4n) is 2.03. The van der Waals surface area contributed by atoms with Gasteiger partial charge in [-0.05, 0) is 24.1 Å². The summed E-state index contributed by atoms with van der Waals surface area (Å²) in [5, 5.41) is 3.71. The van der Waals surface area contributed by atoms with Crippen LogP contribution in [0.4, 0.5) is 5.69 Å². The minimum Gasteiger partial charge on any atom is -0.423 e. The van der Waals surface area contributed by atoms with Crippen molar-refractivity contribution in [2.75, 3.05) is 12.3 Å². The van der Waals surface area contributed by atoms with Gasteiger partial charge in [0.05, 0.1) is 0 Å². The standard InChI is InChI=1S/C16H20N2O3/c1-16(2,3)15(20)18-7-6-10-8-14(19)21-13-9-11(17)4-5-12(10)13/h4-5,8-9H,6-7,17H2,1-3H3,(H,18,20). The van der Waals surface area contributed by atoms with Gasteiger partial charge in [0.2, 0.25) is 5.91 Å². The summed E-state index contributed by atoms with van der Waals surface area (Å²) in [4.78, 5) is 23.4. The van der Waals surface area contributed by atoms with E-state index in [0.717, 1.165) is 10.9 Å². The Kier molecular flexibility index (Phi) is 4.02. The van der Waals surface area contributed by atoms with Crippen LogP contribution in [-0.2, 0) is 11.2 Å². The molecule has 2 aromatic rings. The number of nitrogens with two attached hydrogens (primary N) is 1. The van der Waals surface area contributed by atoms with Gasteiger partial charge >= 0.3 is 5.63 Å². The SMILES string of the molecule is CC(C)(C)C(=O)NCCc1cc(=O)oc2cc(N)ccc12. The summed E-state index contributed by atoms with van der Waals surface area (Å²) in [5.74, 6) is -0.0148. The molecule has 5 nitrogen and oxygen atoms in total. The highest BCUT2D eigenvalue weighted by Crippen LogP contribution is 2.20. The molecule has 3 N–H and O–H groups in total. The molecule has 0 bridgehead atoms. The molecule has 0 spiro atoms. The third kappa shape index (κ3) is 3.62. The summed E-state index contributed by atoms with van der Waals surface area (Å²) in [6.07, 6.45) is 0.563. The molecule has 112 valence electrons. The van der Waals surface area contributed by atoms with Crippen LogP contribution in [0.25, 0.3) is 11.0 Å². The number of nitrogens with one attached hydrogen (secondary N) is 1. The number of anilines is 1. The Morgan fingerprint density at radius 1 is 1.29 bits per heavy atom. The lowest BCUT2D eigenvalue weighted by molar-refractivity contribution is -0.128. The number of hydrogen-bond acceptors (Lipinski definition) is 4. The van der Waals surface area contributed by atoms with Gasteiger partial charge in [0.25, 0.3) is 0 Å². The number of fused-ring (bicyclic) bond motifs is 1. The van der Waals surface area contributed by atoms with Gasteiger partial charge in [0, 0.05) is 35.2 Å². The van der Waals surface area contributed by atoms with Crippen LogP contribution in [0.5, 0.6) is 0 Å². The lowest BCUT2D eigenvalue weighted by Gasteiger charge is -2.17. The molecule has 0 fully saturated rings. The number of benzene rings is 1. The van der Waals surface area contributed by atoms with Gasteiger partial charge in [-0.2, -0.15) is 0 Å². The smallest absolute Gasteiger partial charge is 0.336 e. The molecule has 1 heterocycles. The van der Waals surface area contributed by atoms with Gasteiger partial charge in [0.15, 0.2) is 0 Å². The minimum atomic E-state index is -0.424. The summed E-state index contributed by atoms with van der Waals surface area (Å²) >= 11 is 0. The normalized spacial score (nSPS) is 11.6. The highest BCUT2D eigenvalue weighted by molar-refractivity contribution is 5.83. The molecule has 0 saturated heterocycles. The molecule has 1 aromatic carbocycles. The third-order valence-electron chi connectivity index (χ3n) is 3.22. The van der Waals surface area contributed by atoms with Crippen LogP contribution in [0.1, 0.15) is 26.3 Å². The fourth-order valence-corrected chi connectivity index (χ4v) is 2.03. The number of carbonyl (C=O) groups is 1. The van der Waals surface area contributed by atoms with Crippen molar-refractivity contribution in [1.82, 2.24) is 5.32 Å². The van der Waals surface area contributed by atoms with Crippen molar-refractivity contribution in [3.8, 4) is 0 Å². The van der Waals surface area contributed by atoms with Gasteiger partial charge in [-0.1, -0.05) is 20.8 Å². The second-order valence-electron chi connectivity index (χ2n) is 6.10. The average Bonchev–Trinajstić information content (AvgIpc) is 2.36. The van der Waals surface area contributed by atoms with Gasteiger partial charge < -0.3 is 15.5 Å². The average molecular weight is 288 g/mol. The molecule has 0 saturated carbocycles. The maximum atomic E-state index is 11.8. The van der Waals surface area contributed by atoms with Crippen molar-refractivity contribution in [2.24, 2.45) is 5.41 Å². The van der Waals surface area contributed by atoms with Crippen LogP contribution >= 0.6 is 0 Å². The molecule has 0 atom stereocenters. The summed E-state index contributed by atoms with van der Waals surface area (Å²) in [7, 11) is 0. The highest BCUT2D eigenvalue weighted by atomic mass is 16.4. The summed E-state index contributed by atoms with van der Waals surface area (Å²) in [5.41, 5.74) is 6.72. The van der Waals surface area contributed by atoms with Crippen molar-refractivity contribution in [3.63, 3.8) is 0 Å². The Balaban J connectivity index is 2.19. The van der Waals surface area contributed by atoms with Crippen molar-refractivity contribution in [1.29, 1.82) is 0 Å². The van der Waals surface area contributed by atoms with Crippen molar-refractivity contribution >= 4 is 22.6 Å². The largest absolute Gasteiger partial charge is 0.423 e. The molecule has 21 heavy (non-hydrogen) atoms. The van der Waals surface area contributed by atoms with Crippen molar-refractivity contribution in [2.45, 2.75) is 27.2 Å². The zero-order valence-electron chi connectivity index (χ0n) is 12.5. The van der Waals surface area contributed by atoms with Crippen LogP contribution < -0.4 is 16.7 Å². The molecule has 5 heteroatoms. The molecule has 1 amide bonds. The molecule has 0 radical (unpaired) electrons. The molecule has 0 aliphatic carbocycles. The van der Waals surface area contributed by atoms with E-state index in [1.807, 2.05) is 26.8 Å². The van der Waals surface area contributed by atoms with Gasteiger partial charge in [0.1, 0.15) is 5.58 Å². The quantitative estimate of drug-likeness (QED) is 0.669. The number of amides is 1. The number of hydrogen-bond donors (Lipinski definition) is 2. The molecule has 0 aliphatic heterocycles. The van der Waals surface area contributed by atoms with Crippen molar-refractivity contribution in [3.05, 3.63) is 40.2 Å². The van der Waals surface area contributed by atoms with Gasteiger partial charge in [-0.3, -0.25) is 4.79 Å². The topological polar surface area (TPSA) is 85.3 Å². The van der Waals surface area contributed by atoms with Crippen molar-refractivity contribution < 1.29 is 9.21 Å². The fraction of sp³-hybridized carbons (Fsp3) is 0.375. The zero-order valence-corrected chi connectivity index (χ0v) is 12.5. The Morgan fingerprint density at radius 3 is 2.67 bits per heavy atom. The van der Waals surface area contributed by atoms with E-state index in [4.69, 9.17) is 10.2 Å². The Labute approximate surface area is 123 Å². The number of nitrogen functional groups attached to an aromatic ring is 1. The monoisotopic (exact) mass is 288 g/mol. The van der Waals surface area contributed by atoms with E-state index in [1.54, 1.807) is 12.1 Å². The molecular formula is C16H20N2O3. The van der Waals surface area contributed by atoms with E-state index >= 15 is 0 Å². The van der Waals surface area contributed by atoms with Gasteiger partial charge in [-0.25, -0.2) is 4.79 Å². The first-order valence-electron chi connectivity index (χ1n) is 6.88. The van der Waals surface area contributed by atoms with Crippen LogP contribution in [-0.4, -0.2) is 12.5 Å². The molecular weight excluding hydrogens is 268 g/mol. The van der Waals surface area contributed by atoms with Crippen LogP contribution in [0.15, 0.2) is 33.5 Å². The van der Waals surface area contributed by atoms with E-state index < -0.39 is 11.0 Å². The third-order valence-corrected chi connectivity index (χ3v) is 3.22. The summed E-state index contributed by atoms with van der Waals surface area (Å²) in [6.45, 7) is 6.05. The highest BCUT2D eigenvalue weighted by Gasteiger charge is 2.20. The Bertz CT molecular complexity index is 726. The lowest BCUT2D eigenvalue weighted by Crippen LogP contribution is -2.36. The number of carbonyl (C=O) groups excluding carboxylic acids is 1. The van der Waals surface area contributed by atoms with E-state index in [2.05, 4.69) is 5.32 Å². The van der Waals surface area contributed by atoms with Crippen LogP contribution in [0, 0.1) is 5.41 Å². The Hall–Kier alpha value is -2.30. The first-order valence-corrected chi connectivity index (χ1v) is 6.88. The molecule has 2 rings (SSSR count). The second-order valence-corrected chi connectivity index (χ2v) is 6.10. The Morgan fingerprint density at radius 2 is 2.00 bits per heavy atom. The summed E-state index contributed by atoms with van der Waals surface area (Å²) in [6, 6.07) is 6.68. The van der Waals surface area contributed by atoms with Gasteiger partial charge in [-0.15, -0.1) is 0 Å². The summed E-state index contributed by atoms with van der Waals surface area (Å²) < 4.78 is 5.14. The molecule has 0 unspecified atom stereocenters. The predicted octanol–water partition coefficient (Wildman–Crippen LogP) is 2.08.